The Labute approximate surface area is 180 Å². The molecule has 1 aromatic carbocycles. The maximum atomic E-state index is 4.79. The maximum absolute atomic E-state index is 4.79. The summed E-state index contributed by atoms with van der Waals surface area (Å²) >= 11 is 0. The normalized spacial score (nSPS) is 18.7. The highest BCUT2D eigenvalue weighted by Gasteiger charge is 2.37. The van der Waals surface area contributed by atoms with Crippen molar-refractivity contribution in [3.8, 4) is 0 Å². The van der Waals surface area contributed by atoms with Gasteiger partial charge in [0.1, 0.15) is 0 Å². The second-order valence-corrected chi connectivity index (χ2v) is 7.16. The van der Waals surface area contributed by atoms with Gasteiger partial charge in [0.15, 0.2) is 5.96 Å². The molecule has 0 saturated heterocycles. The van der Waals surface area contributed by atoms with Crippen LogP contribution in [0.3, 0.4) is 0 Å². The van der Waals surface area contributed by atoms with Gasteiger partial charge in [0.2, 0.25) is 0 Å². The van der Waals surface area contributed by atoms with Gasteiger partial charge >= 0.3 is 0 Å². The van der Waals surface area contributed by atoms with Crippen molar-refractivity contribution in [3.63, 3.8) is 0 Å². The number of nitrogens with one attached hydrogen (secondary N) is 2. The van der Waals surface area contributed by atoms with Gasteiger partial charge < -0.3 is 10.6 Å². The van der Waals surface area contributed by atoms with Gasteiger partial charge in [-0.1, -0.05) is 30.3 Å². The summed E-state index contributed by atoms with van der Waals surface area (Å²) in [6.45, 7) is 9.87. The van der Waals surface area contributed by atoms with Crippen molar-refractivity contribution in [1.82, 2.24) is 20.4 Å². The molecule has 148 valence electrons. The van der Waals surface area contributed by atoms with Crippen LogP contribution >= 0.6 is 24.0 Å². The topological polar surface area (TPSA) is 54.2 Å². The van der Waals surface area contributed by atoms with Crippen LogP contribution in [0.4, 0.5) is 0 Å². The molecule has 1 aliphatic rings. The first kappa shape index (κ1) is 21.7. The van der Waals surface area contributed by atoms with E-state index in [9.17, 15) is 0 Å². The van der Waals surface area contributed by atoms with Crippen LogP contribution in [0.5, 0.6) is 0 Å². The Morgan fingerprint density at radius 1 is 1.22 bits per heavy atom. The summed E-state index contributed by atoms with van der Waals surface area (Å²) in [5, 5.41) is 11.3. The monoisotopic (exact) mass is 481 g/mol. The molecule has 27 heavy (non-hydrogen) atoms. The lowest BCUT2D eigenvalue weighted by Crippen LogP contribution is -2.38. The number of nitrogens with zero attached hydrogens (tertiary/aromatic N) is 3. The SMILES string of the molecule is CCNC(=NCC1CC1c1ccccc1)NCCCn1nc(C)cc1C.I. The molecule has 2 N–H and O–H groups in total. The number of benzene rings is 1. The van der Waals surface area contributed by atoms with Crippen LogP contribution in [-0.2, 0) is 6.54 Å². The van der Waals surface area contributed by atoms with Crippen LogP contribution in [0, 0.1) is 19.8 Å². The zero-order chi connectivity index (χ0) is 18.4. The first-order valence-corrected chi connectivity index (χ1v) is 9.75. The highest BCUT2D eigenvalue weighted by molar-refractivity contribution is 14.0. The molecular weight excluding hydrogens is 449 g/mol. The molecule has 0 amide bonds. The molecule has 1 aliphatic carbocycles. The number of aliphatic imine (C=N–C) groups is 1. The molecule has 1 aromatic heterocycles. The Balaban J connectivity index is 0.00000261. The van der Waals surface area contributed by atoms with E-state index in [0.29, 0.717) is 11.8 Å². The Morgan fingerprint density at radius 3 is 2.67 bits per heavy atom. The average molecular weight is 481 g/mol. The van der Waals surface area contributed by atoms with Crippen molar-refractivity contribution in [2.75, 3.05) is 19.6 Å². The van der Waals surface area contributed by atoms with Crippen molar-refractivity contribution in [2.45, 2.75) is 46.1 Å². The molecule has 0 spiro atoms. The summed E-state index contributed by atoms with van der Waals surface area (Å²) in [5.41, 5.74) is 3.77. The molecule has 1 saturated carbocycles. The third-order valence-corrected chi connectivity index (χ3v) is 4.92. The Morgan fingerprint density at radius 2 is 2.00 bits per heavy atom. The van der Waals surface area contributed by atoms with Crippen molar-refractivity contribution in [3.05, 3.63) is 53.3 Å². The molecule has 6 heteroatoms. The summed E-state index contributed by atoms with van der Waals surface area (Å²) in [6, 6.07) is 12.9. The van der Waals surface area contributed by atoms with Crippen LogP contribution in [0.15, 0.2) is 41.4 Å². The predicted molar refractivity (Wildman–Crippen MR) is 123 cm³/mol. The van der Waals surface area contributed by atoms with Gasteiger partial charge in [0.05, 0.1) is 5.69 Å². The fourth-order valence-corrected chi connectivity index (χ4v) is 3.45. The maximum Gasteiger partial charge on any atom is 0.191 e. The van der Waals surface area contributed by atoms with Crippen LogP contribution in [0.1, 0.15) is 42.6 Å². The number of halogens is 1. The van der Waals surface area contributed by atoms with Gasteiger partial charge in [0, 0.05) is 31.9 Å². The number of aryl methyl sites for hydroxylation is 3. The van der Waals surface area contributed by atoms with Crippen molar-refractivity contribution < 1.29 is 0 Å². The minimum absolute atomic E-state index is 0. The van der Waals surface area contributed by atoms with Crippen LogP contribution in [0.2, 0.25) is 0 Å². The van der Waals surface area contributed by atoms with Crippen molar-refractivity contribution >= 4 is 29.9 Å². The Hall–Kier alpha value is -1.57. The molecule has 2 aromatic rings. The molecular formula is C21H32IN5. The van der Waals surface area contributed by atoms with Gasteiger partial charge in [-0.2, -0.15) is 5.10 Å². The van der Waals surface area contributed by atoms with Crippen molar-refractivity contribution in [1.29, 1.82) is 0 Å². The van der Waals surface area contributed by atoms with Gasteiger partial charge in [-0.15, -0.1) is 24.0 Å². The van der Waals surface area contributed by atoms with Crippen LogP contribution < -0.4 is 10.6 Å². The van der Waals surface area contributed by atoms with E-state index < -0.39 is 0 Å². The molecule has 2 atom stereocenters. The minimum atomic E-state index is 0. The first-order valence-electron chi connectivity index (χ1n) is 9.75. The van der Waals surface area contributed by atoms with Crippen LogP contribution in [-0.4, -0.2) is 35.4 Å². The van der Waals surface area contributed by atoms with E-state index in [2.05, 4.69) is 70.7 Å². The van der Waals surface area contributed by atoms with E-state index in [1.165, 1.54) is 17.7 Å². The van der Waals surface area contributed by atoms with Crippen LogP contribution in [0.25, 0.3) is 0 Å². The quantitative estimate of drug-likeness (QED) is 0.261. The minimum Gasteiger partial charge on any atom is -0.357 e. The molecule has 1 heterocycles. The summed E-state index contributed by atoms with van der Waals surface area (Å²) in [5.74, 6) is 2.30. The molecule has 0 bridgehead atoms. The lowest BCUT2D eigenvalue weighted by Gasteiger charge is -2.11. The smallest absolute Gasteiger partial charge is 0.191 e. The summed E-state index contributed by atoms with van der Waals surface area (Å²) < 4.78 is 2.08. The third-order valence-electron chi connectivity index (χ3n) is 4.92. The van der Waals surface area contributed by atoms with Gasteiger partial charge in [-0.25, -0.2) is 0 Å². The lowest BCUT2D eigenvalue weighted by molar-refractivity contribution is 0.555. The van der Waals surface area contributed by atoms with E-state index in [-0.39, 0.29) is 24.0 Å². The molecule has 0 aliphatic heterocycles. The Bertz CT molecular complexity index is 725. The largest absolute Gasteiger partial charge is 0.357 e. The van der Waals surface area contributed by atoms with E-state index in [1.54, 1.807) is 0 Å². The number of aromatic nitrogens is 2. The average Bonchev–Trinajstić information content (AvgIpc) is 3.35. The molecule has 1 fully saturated rings. The summed E-state index contributed by atoms with van der Waals surface area (Å²) in [7, 11) is 0. The third kappa shape index (κ3) is 6.52. The number of rotatable bonds is 8. The molecule has 3 rings (SSSR count). The summed E-state index contributed by atoms with van der Waals surface area (Å²) in [6.07, 6.45) is 2.29. The van der Waals surface area contributed by atoms with E-state index in [1.807, 2.05) is 6.92 Å². The number of guanidine groups is 1. The first-order chi connectivity index (χ1) is 12.7. The van der Waals surface area contributed by atoms with Gasteiger partial charge in [-0.05, 0) is 57.1 Å². The fraction of sp³-hybridized carbons (Fsp3) is 0.524. The van der Waals surface area contributed by atoms with Gasteiger partial charge in [0.25, 0.3) is 0 Å². The fourth-order valence-electron chi connectivity index (χ4n) is 3.45. The summed E-state index contributed by atoms with van der Waals surface area (Å²) in [4.78, 5) is 4.79. The standard InChI is InChI=1S/C21H31N5.HI/c1-4-22-21(23-11-8-12-26-17(3)13-16(2)25-26)24-15-19-14-20(19)18-9-6-5-7-10-18;/h5-7,9-10,13,19-20H,4,8,11-12,14-15H2,1-3H3,(H2,22,23,24);1H. The zero-order valence-electron chi connectivity index (χ0n) is 16.6. The molecule has 0 radical (unpaired) electrons. The van der Waals surface area contributed by atoms with Crippen molar-refractivity contribution in [2.24, 2.45) is 10.9 Å². The predicted octanol–water partition coefficient (Wildman–Crippen LogP) is 3.87. The zero-order valence-corrected chi connectivity index (χ0v) is 18.9. The second kappa shape index (κ2) is 10.7. The highest BCUT2D eigenvalue weighted by Crippen LogP contribution is 2.47. The Kier molecular flexibility index (Phi) is 8.60. The van der Waals surface area contributed by atoms with E-state index >= 15 is 0 Å². The van der Waals surface area contributed by atoms with E-state index in [0.717, 1.165) is 44.3 Å². The lowest BCUT2D eigenvalue weighted by atomic mass is 10.1. The number of hydrogen-bond acceptors (Lipinski definition) is 2. The highest BCUT2D eigenvalue weighted by atomic mass is 127. The molecule has 2 unspecified atom stereocenters. The van der Waals surface area contributed by atoms with E-state index in [4.69, 9.17) is 4.99 Å². The molecule has 5 nitrogen and oxygen atoms in total. The second-order valence-electron chi connectivity index (χ2n) is 7.16. The van der Waals surface area contributed by atoms with Gasteiger partial charge in [-0.3, -0.25) is 9.67 Å². The number of hydrogen-bond donors (Lipinski definition) is 2.